The van der Waals surface area contributed by atoms with E-state index in [-0.39, 0.29) is 17.0 Å². The maximum atomic E-state index is 13.8. The SMILES string of the molecule is CC[C@@H](C(=O)NCCOC)n1c(=O)n(-c2cccc(F)c2)c(=O)c2ccccc21. The Morgan fingerprint density at radius 3 is 2.62 bits per heavy atom. The molecular weight excluding hydrogens is 377 g/mol. The van der Waals surface area contributed by atoms with Crippen LogP contribution in [-0.4, -0.2) is 35.3 Å². The van der Waals surface area contributed by atoms with Gasteiger partial charge in [0.1, 0.15) is 11.9 Å². The number of benzene rings is 2. The zero-order chi connectivity index (χ0) is 21.0. The van der Waals surface area contributed by atoms with Gasteiger partial charge in [0.05, 0.1) is 23.2 Å². The van der Waals surface area contributed by atoms with Crippen molar-refractivity contribution in [2.24, 2.45) is 0 Å². The van der Waals surface area contributed by atoms with Gasteiger partial charge in [0.25, 0.3) is 5.56 Å². The summed E-state index contributed by atoms with van der Waals surface area (Å²) in [5.74, 6) is -0.931. The number of methoxy groups -OCH3 is 1. The molecule has 0 aliphatic carbocycles. The molecule has 0 aliphatic heterocycles. The Labute approximate surface area is 166 Å². The molecule has 0 saturated heterocycles. The quantitative estimate of drug-likeness (QED) is 0.616. The molecule has 0 radical (unpaired) electrons. The highest BCUT2D eigenvalue weighted by atomic mass is 19.1. The van der Waals surface area contributed by atoms with E-state index < -0.39 is 23.1 Å². The third kappa shape index (κ3) is 3.97. The summed E-state index contributed by atoms with van der Waals surface area (Å²) in [5, 5.41) is 3.00. The average molecular weight is 399 g/mol. The van der Waals surface area contributed by atoms with Gasteiger partial charge in [-0.05, 0) is 36.8 Å². The fourth-order valence-corrected chi connectivity index (χ4v) is 3.31. The van der Waals surface area contributed by atoms with Crippen LogP contribution in [0.4, 0.5) is 4.39 Å². The Bertz CT molecular complexity index is 1150. The van der Waals surface area contributed by atoms with E-state index in [9.17, 15) is 18.8 Å². The zero-order valence-corrected chi connectivity index (χ0v) is 16.2. The summed E-state index contributed by atoms with van der Waals surface area (Å²) in [4.78, 5) is 39.1. The summed E-state index contributed by atoms with van der Waals surface area (Å²) < 4.78 is 20.9. The molecule has 152 valence electrons. The highest BCUT2D eigenvalue weighted by Crippen LogP contribution is 2.17. The lowest BCUT2D eigenvalue weighted by molar-refractivity contribution is -0.124. The number of para-hydroxylation sites is 1. The van der Waals surface area contributed by atoms with E-state index in [1.54, 1.807) is 31.2 Å². The lowest BCUT2D eigenvalue weighted by Crippen LogP contribution is -2.44. The summed E-state index contributed by atoms with van der Waals surface area (Å²) in [7, 11) is 1.52. The minimum atomic E-state index is -0.843. The molecule has 8 heteroatoms. The van der Waals surface area contributed by atoms with Gasteiger partial charge in [0.15, 0.2) is 0 Å². The summed E-state index contributed by atoms with van der Waals surface area (Å²) in [5.41, 5.74) is -0.812. The Morgan fingerprint density at radius 1 is 1.17 bits per heavy atom. The van der Waals surface area contributed by atoms with Crippen LogP contribution in [0.2, 0.25) is 0 Å². The molecule has 1 heterocycles. The number of nitrogens with zero attached hydrogens (tertiary/aromatic N) is 2. The number of nitrogens with one attached hydrogen (secondary N) is 1. The number of ether oxygens (including phenoxy) is 1. The molecular formula is C21H22FN3O4. The molecule has 2 aromatic carbocycles. The zero-order valence-electron chi connectivity index (χ0n) is 16.2. The molecule has 1 amide bonds. The number of hydrogen-bond acceptors (Lipinski definition) is 4. The normalized spacial score (nSPS) is 12.1. The number of aromatic nitrogens is 2. The van der Waals surface area contributed by atoms with Gasteiger partial charge in [-0.3, -0.25) is 14.2 Å². The summed E-state index contributed by atoms with van der Waals surface area (Å²) in [6, 6.07) is 11.0. The first-order chi connectivity index (χ1) is 14.0. The molecule has 0 aliphatic rings. The summed E-state index contributed by atoms with van der Waals surface area (Å²) >= 11 is 0. The van der Waals surface area contributed by atoms with E-state index in [0.29, 0.717) is 25.1 Å². The third-order valence-electron chi connectivity index (χ3n) is 4.67. The van der Waals surface area contributed by atoms with Crippen LogP contribution in [0.15, 0.2) is 58.1 Å². The monoisotopic (exact) mass is 399 g/mol. The van der Waals surface area contributed by atoms with Crippen LogP contribution >= 0.6 is 0 Å². The fourth-order valence-electron chi connectivity index (χ4n) is 3.31. The molecule has 1 aromatic heterocycles. The second kappa shape index (κ2) is 8.83. The first-order valence-corrected chi connectivity index (χ1v) is 9.28. The van der Waals surface area contributed by atoms with E-state index in [1.807, 2.05) is 0 Å². The smallest absolute Gasteiger partial charge is 0.336 e. The molecule has 0 spiro atoms. The second-order valence-electron chi connectivity index (χ2n) is 6.50. The molecule has 29 heavy (non-hydrogen) atoms. The van der Waals surface area contributed by atoms with Crippen LogP contribution < -0.4 is 16.6 Å². The minimum absolute atomic E-state index is 0.106. The minimum Gasteiger partial charge on any atom is -0.383 e. The van der Waals surface area contributed by atoms with Gasteiger partial charge < -0.3 is 10.1 Å². The Morgan fingerprint density at radius 2 is 1.93 bits per heavy atom. The molecule has 0 unspecified atom stereocenters. The molecule has 3 rings (SSSR count). The van der Waals surface area contributed by atoms with E-state index in [2.05, 4.69) is 5.32 Å². The highest BCUT2D eigenvalue weighted by molar-refractivity contribution is 5.84. The number of fused-ring (bicyclic) bond motifs is 1. The Balaban J connectivity index is 2.27. The summed E-state index contributed by atoms with van der Waals surface area (Å²) in [6.07, 6.45) is 0.323. The van der Waals surface area contributed by atoms with Crippen molar-refractivity contribution in [3.8, 4) is 5.69 Å². The molecule has 0 fully saturated rings. The highest BCUT2D eigenvalue weighted by Gasteiger charge is 2.24. The number of hydrogen-bond donors (Lipinski definition) is 1. The van der Waals surface area contributed by atoms with E-state index in [4.69, 9.17) is 4.74 Å². The van der Waals surface area contributed by atoms with Crippen molar-refractivity contribution in [2.75, 3.05) is 20.3 Å². The predicted molar refractivity (Wildman–Crippen MR) is 108 cm³/mol. The van der Waals surface area contributed by atoms with E-state index in [1.165, 1.54) is 29.9 Å². The van der Waals surface area contributed by atoms with Crippen molar-refractivity contribution in [2.45, 2.75) is 19.4 Å². The van der Waals surface area contributed by atoms with Crippen molar-refractivity contribution in [3.63, 3.8) is 0 Å². The maximum absolute atomic E-state index is 13.8. The van der Waals surface area contributed by atoms with Crippen LogP contribution in [0, 0.1) is 5.82 Å². The van der Waals surface area contributed by atoms with Crippen molar-refractivity contribution in [1.29, 1.82) is 0 Å². The number of carbonyl (C=O) groups is 1. The third-order valence-corrected chi connectivity index (χ3v) is 4.67. The van der Waals surface area contributed by atoms with Gasteiger partial charge in [0.2, 0.25) is 5.91 Å². The number of amides is 1. The average Bonchev–Trinajstić information content (AvgIpc) is 2.71. The summed E-state index contributed by atoms with van der Waals surface area (Å²) in [6.45, 7) is 2.40. The lowest BCUT2D eigenvalue weighted by Gasteiger charge is -2.21. The maximum Gasteiger partial charge on any atom is 0.336 e. The number of rotatable bonds is 7. The molecule has 7 nitrogen and oxygen atoms in total. The van der Waals surface area contributed by atoms with Crippen molar-refractivity contribution >= 4 is 16.8 Å². The van der Waals surface area contributed by atoms with Crippen LogP contribution in [-0.2, 0) is 9.53 Å². The van der Waals surface area contributed by atoms with Gasteiger partial charge in [-0.25, -0.2) is 13.8 Å². The van der Waals surface area contributed by atoms with Crippen LogP contribution in [0.1, 0.15) is 19.4 Å². The van der Waals surface area contributed by atoms with E-state index >= 15 is 0 Å². The van der Waals surface area contributed by atoms with Gasteiger partial charge in [0, 0.05) is 13.7 Å². The van der Waals surface area contributed by atoms with Crippen LogP contribution in [0.3, 0.4) is 0 Å². The van der Waals surface area contributed by atoms with Gasteiger partial charge in [-0.2, -0.15) is 0 Å². The molecule has 0 saturated carbocycles. The molecule has 3 aromatic rings. The Hall–Kier alpha value is -3.26. The van der Waals surface area contributed by atoms with Crippen molar-refractivity contribution < 1.29 is 13.9 Å². The first kappa shape index (κ1) is 20.5. The first-order valence-electron chi connectivity index (χ1n) is 9.28. The lowest BCUT2D eigenvalue weighted by atomic mass is 10.1. The standard InChI is InChI=1S/C21H22FN3O4/c1-3-17(19(26)23-11-12-29-2)25-18-10-5-4-9-16(18)20(27)24(21(25)28)15-8-6-7-14(22)13-15/h4-10,13,17H,3,11-12H2,1-2H3,(H,23,26)/t17-/m0/s1. The van der Waals surface area contributed by atoms with E-state index in [0.717, 1.165) is 10.6 Å². The van der Waals surface area contributed by atoms with Gasteiger partial charge in [-0.15, -0.1) is 0 Å². The Kier molecular flexibility index (Phi) is 6.23. The molecule has 0 bridgehead atoms. The largest absolute Gasteiger partial charge is 0.383 e. The van der Waals surface area contributed by atoms with Crippen LogP contribution in [0.25, 0.3) is 16.6 Å². The van der Waals surface area contributed by atoms with Gasteiger partial charge in [-0.1, -0.05) is 25.1 Å². The van der Waals surface area contributed by atoms with Crippen molar-refractivity contribution in [3.05, 3.63) is 75.2 Å². The molecule has 1 atom stereocenters. The number of halogens is 1. The fraction of sp³-hybridized carbons (Fsp3) is 0.286. The van der Waals surface area contributed by atoms with Gasteiger partial charge >= 0.3 is 5.69 Å². The number of carbonyl (C=O) groups excluding carboxylic acids is 1. The molecule has 1 N–H and O–H groups in total. The van der Waals surface area contributed by atoms with Crippen LogP contribution in [0.5, 0.6) is 0 Å². The van der Waals surface area contributed by atoms with Crippen molar-refractivity contribution in [1.82, 2.24) is 14.5 Å². The second-order valence-corrected chi connectivity index (χ2v) is 6.50. The predicted octanol–water partition coefficient (Wildman–Crippen LogP) is 2.01. The topological polar surface area (TPSA) is 82.3 Å².